The number of para-hydroxylation sites is 2. The predicted molar refractivity (Wildman–Crippen MR) is 147 cm³/mol. The average molecular weight is 538 g/mol. The maximum absolute atomic E-state index is 12.6. The Bertz CT molecular complexity index is 1420. The third kappa shape index (κ3) is 6.22. The molecule has 1 atom stereocenters. The third-order valence-corrected chi connectivity index (χ3v) is 6.98. The number of benzene rings is 3. The molecular weight excluding hydrogens is 506 g/mol. The molecule has 1 fully saturated rings. The summed E-state index contributed by atoms with van der Waals surface area (Å²) in [5, 5.41) is 11.8. The molecule has 1 saturated heterocycles. The topological polar surface area (TPSA) is 78.1 Å². The van der Waals surface area contributed by atoms with Gasteiger partial charge in [0.1, 0.15) is 30.3 Å². The van der Waals surface area contributed by atoms with Gasteiger partial charge in [0.05, 0.1) is 30.8 Å². The zero-order chi connectivity index (χ0) is 26.5. The molecule has 9 heteroatoms. The fourth-order valence-corrected chi connectivity index (χ4v) is 4.88. The molecule has 1 N–H and O–H groups in total. The standard InChI is InChI=1S/C29H32ClN3O5/c1-31-26-4-2-3-5-27(26)33(28(31)34)15-17-37-24-10-6-22(7-11-24)18-32-14-16-36-20-29(35,19-32)21-38-25-12-8-23(30)9-13-25/h2-13,35H,14-21H2,1H3/t29-/m0/s1. The number of hydrogen-bond donors (Lipinski definition) is 1. The van der Waals surface area contributed by atoms with Gasteiger partial charge < -0.3 is 19.3 Å². The summed E-state index contributed by atoms with van der Waals surface area (Å²) < 4.78 is 20.8. The third-order valence-electron chi connectivity index (χ3n) is 6.73. The second-order valence-electron chi connectivity index (χ2n) is 9.70. The van der Waals surface area contributed by atoms with E-state index in [1.54, 1.807) is 40.4 Å². The van der Waals surface area contributed by atoms with Crippen LogP contribution in [0.1, 0.15) is 5.56 Å². The largest absolute Gasteiger partial charge is 0.492 e. The Morgan fingerprint density at radius 1 is 0.974 bits per heavy atom. The Morgan fingerprint density at radius 3 is 2.42 bits per heavy atom. The lowest BCUT2D eigenvalue weighted by molar-refractivity contribution is -0.0646. The minimum Gasteiger partial charge on any atom is -0.492 e. The summed E-state index contributed by atoms with van der Waals surface area (Å²) in [5.74, 6) is 1.40. The molecule has 1 aliphatic heterocycles. The highest BCUT2D eigenvalue weighted by molar-refractivity contribution is 6.30. The van der Waals surface area contributed by atoms with Gasteiger partial charge in [0.25, 0.3) is 0 Å². The van der Waals surface area contributed by atoms with E-state index in [9.17, 15) is 9.90 Å². The Balaban J connectivity index is 1.14. The minimum absolute atomic E-state index is 0.0508. The molecule has 38 heavy (non-hydrogen) atoms. The van der Waals surface area contributed by atoms with Crippen molar-refractivity contribution in [3.63, 3.8) is 0 Å². The number of nitrogens with zero attached hydrogens (tertiary/aromatic N) is 3. The van der Waals surface area contributed by atoms with Gasteiger partial charge in [0.2, 0.25) is 0 Å². The lowest BCUT2D eigenvalue weighted by atomic mass is 10.1. The number of rotatable bonds is 9. The van der Waals surface area contributed by atoms with Gasteiger partial charge in [-0.2, -0.15) is 0 Å². The van der Waals surface area contributed by atoms with E-state index in [0.717, 1.165) is 22.3 Å². The van der Waals surface area contributed by atoms with Crippen LogP contribution in [-0.4, -0.2) is 64.3 Å². The molecule has 200 valence electrons. The quantitative estimate of drug-likeness (QED) is 0.351. The van der Waals surface area contributed by atoms with E-state index in [1.807, 2.05) is 48.5 Å². The van der Waals surface area contributed by atoms with Crippen molar-refractivity contribution in [2.45, 2.75) is 18.7 Å². The van der Waals surface area contributed by atoms with Crippen LogP contribution < -0.4 is 15.2 Å². The number of aliphatic hydroxyl groups is 1. The van der Waals surface area contributed by atoms with Gasteiger partial charge in [-0.3, -0.25) is 14.0 Å². The number of hydrogen-bond acceptors (Lipinski definition) is 6. The van der Waals surface area contributed by atoms with Gasteiger partial charge in [-0.1, -0.05) is 35.9 Å². The molecule has 1 aromatic heterocycles. The fourth-order valence-electron chi connectivity index (χ4n) is 4.75. The van der Waals surface area contributed by atoms with Gasteiger partial charge in [0, 0.05) is 31.7 Å². The van der Waals surface area contributed by atoms with Crippen molar-refractivity contribution in [1.29, 1.82) is 0 Å². The molecule has 3 aromatic carbocycles. The van der Waals surface area contributed by atoms with Crippen molar-refractivity contribution in [3.8, 4) is 11.5 Å². The summed E-state index contributed by atoms with van der Waals surface area (Å²) in [5.41, 5.74) is 1.73. The van der Waals surface area contributed by atoms with Gasteiger partial charge in [-0.25, -0.2) is 4.79 Å². The number of aryl methyl sites for hydroxylation is 1. The lowest BCUT2D eigenvalue weighted by Crippen LogP contribution is -2.48. The summed E-state index contributed by atoms with van der Waals surface area (Å²) in [6.45, 7) is 3.53. The Labute approximate surface area is 226 Å². The Hall–Kier alpha value is -3.30. The van der Waals surface area contributed by atoms with Crippen molar-refractivity contribution < 1.29 is 19.3 Å². The number of β-amino-alcohol motifs (C(OH)–C–C–N with tert-alkyl or cyclic N) is 1. The predicted octanol–water partition coefficient (Wildman–Crippen LogP) is 3.71. The molecule has 5 rings (SSSR count). The summed E-state index contributed by atoms with van der Waals surface area (Å²) in [7, 11) is 1.78. The van der Waals surface area contributed by atoms with Crippen LogP contribution >= 0.6 is 11.6 Å². The lowest BCUT2D eigenvalue weighted by Gasteiger charge is -2.30. The van der Waals surface area contributed by atoms with Gasteiger partial charge in [0.15, 0.2) is 0 Å². The zero-order valence-electron chi connectivity index (χ0n) is 21.4. The molecule has 0 bridgehead atoms. The maximum Gasteiger partial charge on any atom is 0.328 e. The van der Waals surface area contributed by atoms with Gasteiger partial charge >= 0.3 is 5.69 Å². The second-order valence-corrected chi connectivity index (χ2v) is 10.1. The highest BCUT2D eigenvalue weighted by Gasteiger charge is 2.33. The molecule has 0 saturated carbocycles. The highest BCUT2D eigenvalue weighted by Crippen LogP contribution is 2.21. The number of fused-ring (bicyclic) bond motifs is 1. The van der Waals surface area contributed by atoms with Gasteiger partial charge in [-0.05, 0) is 54.1 Å². The minimum atomic E-state index is -1.13. The van der Waals surface area contributed by atoms with E-state index < -0.39 is 5.60 Å². The van der Waals surface area contributed by atoms with E-state index in [4.69, 9.17) is 25.8 Å². The molecule has 0 amide bonds. The van der Waals surface area contributed by atoms with E-state index in [1.165, 1.54) is 0 Å². The molecule has 1 aliphatic rings. The van der Waals surface area contributed by atoms with Crippen LogP contribution in [0.3, 0.4) is 0 Å². The zero-order valence-corrected chi connectivity index (χ0v) is 22.1. The van der Waals surface area contributed by atoms with Crippen LogP contribution in [-0.2, 0) is 24.9 Å². The molecular formula is C29H32ClN3O5. The molecule has 0 radical (unpaired) electrons. The summed E-state index contributed by atoms with van der Waals surface area (Å²) >= 11 is 5.94. The van der Waals surface area contributed by atoms with Crippen LogP contribution in [0.25, 0.3) is 11.0 Å². The molecule has 0 aliphatic carbocycles. The molecule has 2 heterocycles. The summed E-state index contributed by atoms with van der Waals surface area (Å²) in [4.78, 5) is 14.8. The Morgan fingerprint density at radius 2 is 1.66 bits per heavy atom. The number of imidazole rings is 1. The summed E-state index contributed by atoms with van der Waals surface area (Å²) in [6, 6.07) is 22.7. The second kappa shape index (κ2) is 11.6. The first-order chi connectivity index (χ1) is 18.4. The average Bonchev–Trinajstić information content (AvgIpc) is 3.04. The molecule has 0 unspecified atom stereocenters. The monoisotopic (exact) mass is 537 g/mol. The maximum atomic E-state index is 12.6. The van der Waals surface area contributed by atoms with Crippen molar-refractivity contribution in [1.82, 2.24) is 14.0 Å². The normalized spacial score (nSPS) is 18.4. The van der Waals surface area contributed by atoms with E-state index in [2.05, 4.69) is 4.90 Å². The van der Waals surface area contributed by atoms with Gasteiger partial charge in [-0.15, -0.1) is 0 Å². The van der Waals surface area contributed by atoms with Crippen molar-refractivity contribution in [2.24, 2.45) is 7.05 Å². The number of ether oxygens (including phenoxy) is 3. The number of aromatic nitrogens is 2. The van der Waals surface area contributed by atoms with Crippen LogP contribution in [0.15, 0.2) is 77.6 Å². The SMILES string of the molecule is Cn1c(=O)n(CCOc2ccc(CN3CCOC[C@](O)(COc4ccc(Cl)cc4)C3)cc2)c2ccccc21. The van der Waals surface area contributed by atoms with Crippen molar-refractivity contribution in [3.05, 3.63) is 93.9 Å². The molecule has 0 spiro atoms. The van der Waals surface area contributed by atoms with Crippen molar-refractivity contribution >= 4 is 22.6 Å². The van der Waals surface area contributed by atoms with Crippen LogP contribution in [0, 0.1) is 0 Å². The smallest absolute Gasteiger partial charge is 0.328 e. The van der Waals surface area contributed by atoms with Crippen molar-refractivity contribution in [2.75, 3.05) is 39.5 Å². The highest BCUT2D eigenvalue weighted by atomic mass is 35.5. The summed E-state index contributed by atoms with van der Waals surface area (Å²) in [6.07, 6.45) is 0. The van der Waals surface area contributed by atoms with Crippen LogP contribution in [0.2, 0.25) is 5.02 Å². The van der Waals surface area contributed by atoms with E-state index >= 15 is 0 Å². The first-order valence-electron chi connectivity index (χ1n) is 12.7. The van der Waals surface area contributed by atoms with Crippen LogP contribution in [0.4, 0.5) is 0 Å². The number of halogens is 1. The fraction of sp³-hybridized carbons (Fsp3) is 0.345. The molecule has 8 nitrogen and oxygen atoms in total. The first kappa shape index (κ1) is 26.3. The Kier molecular flexibility index (Phi) is 8.04. The van der Waals surface area contributed by atoms with E-state index in [0.29, 0.717) is 50.2 Å². The van der Waals surface area contributed by atoms with E-state index in [-0.39, 0.29) is 18.9 Å². The molecule has 4 aromatic rings. The van der Waals surface area contributed by atoms with Crippen LogP contribution in [0.5, 0.6) is 11.5 Å². The first-order valence-corrected chi connectivity index (χ1v) is 13.0.